The summed E-state index contributed by atoms with van der Waals surface area (Å²) in [5.41, 5.74) is 1.97. The Morgan fingerprint density at radius 2 is 2.05 bits per heavy atom. The molecule has 0 bridgehead atoms. The minimum Gasteiger partial charge on any atom is -0.331 e. The van der Waals surface area contributed by atoms with E-state index in [0.717, 1.165) is 26.9 Å². The molecule has 2 amide bonds. The molecule has 106 valence electrons. The lowest BCUT2D eigenvalue weighted by Crippen LogP contribution is -2.31. The molecule has 1 heterocycles. The summed E-state index contributed by atoms with van der Waals surface area (Å²) in [6.45, 7) is 4.00. The van der Waals surface area contributed by atoms with Crippen LogP contribution >= 0.6 is 22.9 Å². The van der Waals surface area contributed by atoms with E-state index in [-0.39, 0.29) is 12.1 Å². The maximum Gasteiger partial charge on any atom is 0.319 e. The lowest BCUT2D eigenvalue weighted by Gasteiger charge is -2.14. The predicted octanol–water partition coefficient (Wildman–Crippen LogP) is 4.85. The van der Waals surface area contributed by atoms with Crippen LogP contribution in [0.3, 0.4) is 0 Å². The van der Waals surface area contributed by atoms with Crippen LogP contribution in [0.15, 0.2) is 36.4 Å². The Hall–Kier alpha value is -1.52. The van der Waals surface area contributed by atoms with Crippen molar-refractivity contribution in [1.29, 1.82) is 0 Å². The van der Waals surface area contributed by atoms with E-state index in [2.05, 4.69) is 17.6 Å². The van der Waals surface area contributed by atoms with Gasteiger partial charge in [0, 0.05) is 10.6 Å². The summed E-state index contributed by atoms with van der Waals surface area (Å²) < 4.78 is 0.727. The average molecular weight is 309 g/mol. The van der Waals surface area contributed by atoms with Crippen molar-refractivity contribution in [3.8, 4) is 0 Å². The van der Waals surface area contributed by atoms with Crippen molar-refractivity contribution in [2.45, 2.75) is 26.3 Å². The van der Waals surface area contributed by atoms with E-state index in [4.69, 9.17) is 11.6 Å². The summed E-state index contributed by atoms with van der Waals surface area (Å²) in [6.07, 6.45) is 0.881. The van der Waals surface area contributed by atoms with Crippen LogP contribution in [0, 0.1) is 0 Å². The van der Waals surface area contributed by atoms with Gasteiger partial charge in [-0.1, -0.05) is 36.7 Å². The fourth-order valence-electron chi connectivity index (χ4n) is 1.94. The van der Waals surface area contributed by atoms with Crippen molar-refractivity contribution in [1.82, 2.24) is 5.32 Å². The van der Waals surface area contributed by atoms with Gasteiger partial charge in [-0.05, 0) is 37.1 Å². The highest BCUT2D eigenvalue weighted by Gasteiger charge is 2.12. The van der Waals surface area contributed by atoms with Crippen LogP contribution in [0.2, 0.25) is 4.34 Å². The van der Waals surface area contributed by atoms with Gasteiger partial charge in [0.1, 0.15) is 0 Å². The maximum atomic E-state index is 12.0. The number of hydrogen-bond donors (Lipinski definition) is 2. The van der Waals surface area contributed by atoms with E-state index in [9.17, 15) is 4.79 Å². The van der Waals surface area contributed by atoms with Gasteiger partial charge in [-0.15, -0.1) is 11.3 Å². The Kier molecular flexibility index (Phi) is 5.04. The molecule has 0 aliphatic heterocycles. The Morgan fingerprint density at radius 1 is 1.30 bits per heavy atom. The number of thiophene rings is 1. The van der Waals surface area contributed by atoms with Crippen molar-refractivity contribution < 1.29 is 4.79 Å². The van der Waals surface area contributed by atoms with Crippen molar-refractivity contribution in [3.63, 3.8) is 0 Å². The molecule has 2 N–H and O–H groups in total. The number of amides is 2. The van der Waals surface area contributed by atoms with Crippen LogP contribution in [0.1, 0.15) is 30.3 Å². The third-order valence-corrected chi connectivity index (χ3v) is 4.43. The van der Waals surface area contributed by atoms with E-state index in [0.29, 0.717) is 0 Å². The first-order valence-corrected chi connectivity index (χ1v) is 7.70. The maximum absolute atomic E-state index is 12.0. The minimum atomic E-state index is -0.206. The standard InChI is InChI=1S/C15H17ClN2OS/c1-3-11-6-4-5-7-12(11)18-15(19)17-10(2)13-8-9-14(16)20-13/h4-10H,3H2,1-2H3,(H2,17,18,19)/t10-/m1/s1. The van der Waals surface area contributed by atoms with Crippen molar-refractivity contribution in [2.24, 2.45) is 0 Å². The van der Waals surface area contributed by atoms with Gasteiger partial charge in [0.05, 0.1) is 10.4 Å². The van der Waals surface area contributed by atoms with Crippen LogP contribution in [0.5, 0.6) is 0 Å². The number of urea groups is 1. The molecule has 0 radical (unpaired) electrons. The zero-order valence-corrected chi connectivity index (χ0v) is 13.0. The van der Waals surface area contributed by atoms with Crippen LogP contribution < -0.4 is 10.6 Å². The number of halogens is 1. The van der Waals surface area contributed by atoms with E-state index in [1.165, 1.54) is 11.3 Å². The van der Waals surface area contributed by atoms with Crippen LogP contribution in [-0.2, 0) is 6.42 Å². The number of anilines is 1. The van der Waals surface area contributed by atoms with E-state index in [1.807, 2.05) is 43.3 Å². The first-order chi connectivity index (χ1) is 9.60. The molecule has 3 nitrogen and oxygen atoms in total. The lowest BCUT2D eigenvalue weighted by molar-refractivity contribution is 0.249. The summed E-state index contributed by atoms with van der Waals surface area (Å²) in [7, 11) is 0. The van der Waals surface area contributed by atoms with Crippen LogP contribution in [0.4, 0.5) is 10.5 Å². The Morgan fingerprint density at radius 3 is 2.70 bits per heavy atom. The first-order valence-electron chi connectivity index (χ1n) is 6.50. The second-order valence-corrected chi connectivity index (χ2v) is 6.22. The number of rotatable bonds is 4. The Labute approximate surface area is 128 Å². The van der Waals surface area contributed by atoms with Crippen molar-refractivity contribution in [2.75, 3.05) is 5.32 Å². The summed E-state index contributed by atoms with van der Waals surface area (Å²) in [6, 6.07) is 11.3. The predicted molar refractivity (Wildman–Crippen MR) is 85.7 cm³/mol. The third-order valence-electron chi connectivity index (χ3n) is 3.01. The van der Waals surface area contributed by atoms with Crippen LogP contribution in [0.25, 0.3) is 0 Å². The average Bonchev–Trinajstić information content (AvgIpc) is 2.86. The summed E-state index contributed by atoms with van der Waals surface area (Å²) in [5.74, 6) is 0. The highest BCUT2D eigenvalue weighted by molar-refractivity contribution is 7.16. The second kappa shape index (κ2) is 6.77. The van der Waals surface area contributed by atoms with Gasteiger partial charge in [0.25, 0.3) is 0 Å². The monoisotopic (exact) mass is 308 g/mol. The summed E-state index contributed by atoms with van der Waals surface area (Å²) in [4.78, 5) is 13.1. The molecule has 1 aromatic carbocycles. The Balaban J connectivity index is 1.98. The molecule has 0 spiro atoms. The number of aryl methyl sites for hydroxylation is 1. The number of benzene rings is 1. The normalized spacial score (nSPS) is 11.9. The number of para-hydroxylation sites is 1. The molecule has 0 aliphatic rings. The quantitative estimate of drug-likeness (QED) is 0.833. The molecular weight excluding hydrogens is 292 g/mol. The molecule has 1 atom stereocenters. The third kappa shape index (κ3) is 3.74. The fraction of sp³-hybridized carbons (Fsp3) is 0.267. The SMILES string of the molecule is CCc1ccccc1NC(=O)N[C@H](C)c1ccc(Cl)s1. The van der Waals surface area contributed by atoms with E-state index >= 15 is 0 Å². The lowest BCUT2D eigenvalue weighted by atomic mass is 10.1. The number of carbonyl (C=O) groups is 1. The molecule has 2 rings (SSSR count). The van der Waals surface area contributed by atoms with E-state index < -0.39 is 0 Å². The van der Waals surface area contributed by atoms with Gasteiger partial charge < -0.3 is 10.6 Å². The van der Waals surface area contributed by atoms with Gasteiger partial charge in [-0.25, -0.2) is 4.79 Å². The zero-order chi connectivity index (χ0) is 14.5. The fourth-order valence-corrected chi connectivity index (χ4v) is 3.00. The first kappa shape index (κ1) is 14.9. The zero-order valence-electron chi connectivity index (χ0n) is 11.4. The molecule has 0 unspecified atom stereocenters. The molecule has 0 saturated heterocycles. The largest absolute Gasteiger partial charge is 0.331 e. The van der Waals surface area contributed by atoms with Gasteiger partial charge in [-0.3, -0.25) is 0 Å². The molecule has 20 heavy (non-hydrogen) atoms. The highest BCUT2D eigenvalue weighted by atomic mass is 35.5. The smallest absolute Gasteiger partial charge is 0.319 e. The molecule has 1 aromatic heterocycles. The molecule has 5 heteroatoms. The number of hydrogen-bond acceptors (Lipinski definition) is 2. The number of carbonyl (C=O) groups excluding carboxylic acids is 1. The summed E-state index contributed by atoms with van der Waals surface area (Å²) in [5, 5.41) is 5.80. The van der Waals surface area contributed by atoms with Crippen molar-refractivity contribution in [3.05, 3.63) is 51.2 Å². The highest BCUT2D eigenvalue weighted by Crippen LogP contribution is 2.26. The summed E-state index contributed by atoms with van der Waals surface area (Å²) >= 11 is 7.38. The minimum absolute atomic E-state index is 0.0683. The van der Waals surface area contributed by atoms with Crippen molar-refractivity contribution >= 4 is 34.7 Å². The molecule has 0 fully saturated rings. The van der Waals surface area contributed by atoms with E-state index in [1.54, 1.807) is 0 Å². The molecule has 0 aliphatic carbocycles. The topological polar surface area (TPSA) is 41.1 Å². The molecular formula is C15H17ClN2OS. The number of nitrogens with one attached hydrogen (secondary N) is 2. The van der Waals surface area contributed by atoms with Gasteiger partial charge in [-0.2, -0.15) is 0 Å². The van der Waals surface area contributed by atoms with Gasteiger partial charge >= 0.3 is 6.03 Å². The second-order valence-electron chi connectivity index (χ2n) is 4.47. The molecule has 2 aromatic rings. The molecule has 0 saturated carbocycles. The van der Waals surface area contributed by atoms with Gasteiger partial charge in [0.15, 0.2) is 0 Å². The Bertz CT molecular complexity index is 597. The van der Waals surface area contributed by atoms with Crippen LogP contribution in [-0.4, -0.2) is 6.03 Å². The van der Waals surface area contributed by atoms with Gasteiger partial charge in [0.2, 0.25) is 0 Å².